The molecule has 0 fully saturated rings. The molecule has 1 rings (SSSR count). The molecule has 0 spiro atoms. The lowest BCUT2D eigenvalue weighted by Crippen LogP contribution is -2.23. The third-order valence-corrected chi connectivity index (χ3v) is 2.81. The largest absolute Gasteiger partial charge is 0.295 e. The fourth-order valence-corrected chi connectivity index (χ4v) is 1.70. The summed E-state index contributed by atoms with van der Waals surface area (Å²) in [7, 11) is 0. The minimum atomic E-state index is -2.76. The fraction of sp³-hybridized carbons (Fsp3) is 0.583. The molecule has 1 aliphatic rings. The topological polar surface area (TPSA) is 17.1 Å². The molecule has 0 aliphatic heterocycles. The Morgan fingerprint density at radius 1 is 1.40 bits per heavy atom. The van der Waals surface area contributed by atoms with Gasteiger partial charge in [-0.15, -0.1) is 0 Å². The standard InChI is InChI=1S/C12H16F2O/c1-8-5-4-6-12(13,14)11(8)7-9(2)10(3)15/h7H,4-6H2,1-3H3/b9-7+. The lowest BCUT2D eigenvalue weighted by molar-refractivity contribution is -0.113. The van der Waals surface area contributed by atoms with Crippen LogP contribution < -0.4 is 0 Å². The van der Waals surface area contributed by atoms with Gasteiger partial charge in [0.1, 0.15) is 0 Å². The molecule has 1 aliphatic carbocycles. The molecule has 0 saturated carbocycles. The molecule has 0 unspecified atom stereocenters. The summed E-state index contributed by atoms with van der Waals surface area (Å²) in [4.78, 5) is 11.0. The fourth-order valence-electron chi connectivity index (χ4n) is 1.70. The summed E-state index contributed by atoms with van der Waals surface area (Å²) >= 11 is 0. The Morgan fingerprint density at radius 2 is 2.00 bits per heavy atom. The van der Waals surface area contributed by atoms with Gasteiger partial charge in [-0.25, -0.2) is 8.78 Å². The van der Waals surface area contributed by atoms with E-state index in [0.29, 0.717) is 24.0 Å². The van der Waals surface area contributed by atoms with Gasteiger partial charge in [-0.3, -0.25) is 4.79 Å². The molecule has 0 amide bonds. The summed E-state index contributed by atoms with van der Waals surface area (Å²) in [6, 6.07) is 0. The van der Waals surface area contributed by atoms with Gasteiger partial charge in [-0.1, -0.05) is 5.57 Å². The van der Waals surface area contributed by atoms with Crippen LogP contribution in [-0.2, 0) is 4.79 Å². The molecule has 0 N–H and O–H groups in total. The molecule has 1 nitrogen and oxygen atoms in total. The van der Waals surface area contributed by atoms with E-state index in [1.807, 2.05) is 0 Å². The van der Waals surface area contributed by atoms with Gasteiger partial charge in [-0.2, -0.15) is 0 Å². The maximum Gasteiger partial charge on any atom is 0.273 e. The molecular weight excluding hydrogens is 198 g/mol. The number of allylic oxidation sites excluding steroid dienone is 4. The van der Waals surface area contributed by atoms with Gasteiger partial charge in [0, 0.05) is 12.0 Å². The molecule has 0 aromatic carbocycles. The number of carbonyl (C=O) groups excluding carboxylic acids is 1. The predicted molar refractivity (Wildman–Crippen MR) is 55.9 cm³/mol. The highest BCUT2D eigenvalue weighted by molar-refractivity contribution is 5.93. The number of Topliss-reactive ketones (excluding diaryl/α,β-unsaturated/α-hetero) is 1. The van der Waals surface area contributed by atoms with E-state index in [9.17, 15) is 13.6 Å². The lowest BCUT2D eigenvalue weighted by Gasteiger charge is -2.25. The predicted octanol–water partition coefficient (Wildman–Crippen LogP) is 3.66. The number of ketones is 1. The SMILES string of the molecule is CC(=O)/C(C)=C/C1=C(C)CCCC1(F)F. The molecule has 0 aromatic heterocycles. The number of alkyl halides is 2. The highest BCUT2D eigenvalue weighted by Crippen LogP contribution is 2.39. The van der Waals surface area contributed by atoms with Crippen LogP contribution in [0, 0.1) is 0 Å². The molecule has 0 radical (unpaired) electrons. The second kappa shape index (κ2) is 4.25. The van der Waals surface area contributed by atoms with E-state index in [2.05, 4.69) is 0 Å². The van der Waals surface area contributed by atoms with Crippen molar-refractivity contribution in [2.45, 2.75) is 46.0 Å². The van der Waals surface area contributed by atoms with Crippen LogP contribution in [0.1, 0.15) is 40.0 Å². The Hall–Kier alpha value is -0.990. The lowest BCUT2D eigenvalue weighted by atomic mass is 9.88. The Bertz CT molecular complexity index is 338. The van der Waals surface area contributed by atoms with E-state index < -0.39 is 5.92 Å². The van der Waals surface area contributed by atoms with Crippen molar-refractivity contribution in [1.82, 2.24) is 0 Å². The van der Waals surface area contributed by atoms with Crippen LogP contribution in [0.4, 0.5) is 8.78 Å². The summed E-state index contributed by atoms with van der Waals surface area (Å²) < 4.78 is 27.1. The van der Waals surface area contributed by atoms with Gasteiger partial charge >= 0.3 is 0 Å². The van der Waals surface area contributed by atoms with Crippen molar-refractivity contribution in [3.05, 3.63) is 22.8 Å². The average molecular weight is 214 g/mol. The molecule has 84 valence electrons. The Morgan fingerprint density at radius 3 is 2.47 bits per heavy atom. The van der Waals surface area contributed by atoms with Crippen LogP contribution in [0.3, 0.4) is 0 Å². The van der Waals surface area contributed by atoms with Crippen molar-refractivity contribution >= 4 is 5.78 Å². The van der Waals surface area contributed by atoms with Gasteiger partial charge in [0.05, 0.1) is 0 Å². The van der Waals surface area contributed by atoms with E-state index >= 15 is 0 Å². The Balaban J connectivity index is 3.10. The molecule has 0 heterocycles. The van der Waals surface area contributed by atoms with Crippen LogP contribution in [-0.4, -0.2) is 11.7 Å². The third kappa shape index (κ3) is 2.74. The minimum Gasteiger partial charge on any atom is -0.295 e. The van der Waals surface area contributed by atoms with Crippen LogP contribution in [0.15, 0.2) is 22.8 Å². The summed E-state index contributed by atoms with van der Waals surface area (Å²) in [5.41, 5.74) is 1.14. The average Bonchev–Trinajstić information content (AvgIpc) is 2.10. The first-order chi connectivity index (χ1) is 6.84. The van der Waals surface area contributed by atoms with Gasteiger partial charge in [0.2, 0.25) is 0 Å². The zero-order chi connectivity index (χ0) is 11.6. The summed E-state index contributed by atoms with van der Waals surface area (Å²) in [6.45, 7) is 4.68. The summed E-state index contributed by atoms with van der Waals surface area (Å²) in [5.74, 6) is -2.92. The van der Waals surface area contributed by atoms with Crippen molar-refractivity contribution in [1.29, 1.82) is 0 Å². The maximum atomic E-state index is 13.5. The second-order valence-corrected chi connectivity index (χ2v) is 4.14. The molecule has 15 heavy (non-hydrogen) atoms. The zero-order valence-electron chi connectivity index (χ0n) is 9.36. The van der Waals surface area contributed by atoms with E-state index in [1.165, 1.54) is 13.0 Å². The number of hydrogen-bond donors (Lipinski definition) is 0. The first kappa shape index (κ1) is 12.1. The Labute approximate surface area is 88.9 Å². The second-order valence-electron chi connectivity index (χ2n) is 4.14. The van der Waals surface area contributed by atoms with E-state index in [1.54, 1.807) is 13.8 Å². The van der Waals surface area contributed by atoms with E-state index in [-0.39, 0.29) is 17.8 Å². The monoisotopic (exact) mass is 214 g/mol. The smallest absolute Gasteiger partial charge is 0.273 e. The van der Waals surface area contributed by atoms with Crippen molar-refractivity contribution in [2.24, 2.45) is 0 Å². The number of halogens is 2. The first-order valence-electron chi connectivity index (χ1n) is 5.12. The molecule has 0 aromatic rings. The molecule has 3 heteroatoms. The van der Waals surface area contributed by atoms with Crippen molar-refractivity contribution in [2.75, 3.05) is 0 Å². The summed E-state index contributed by atoms with van der Waals surface area (Å²) in [5, 5.41) is 0. The minimum absolute atomic E-state index is 0.0430. The van der Waals surface area contributed by atoms with Crippen LogP contribution in [0.25, 0.3) is 0 Å². The molecule has 0 bridgehead atoms. The van der Waals surface area contributed by atoms with E-state index in [0.717, 1.165) is 0 Å². The van der Waals surface area contributed by atoms with Gasteiger partial charge in [0.25, 0.3) is 5.92 Å². The highest BCUT2D eigenvalue weighted by atomic mass is 19.3. The highest BCUT2D eigenvalue weighted by Gasteiger charge is 2.36. The Kier molecular flexibility index (Phi) is 3.42. The number of carbonyl (C=O) groups is 1. The van der Waals surface area contributed by atoms with Crippen LogP contribution >= 0.6 is 0 Å². The summed E-state index contributed by atoms with van der Waals surface area (Å²) in [6.07, 6.45) is 2.46. The van der Waals surface area contributed by atoms with Gasteiger partial charge in [-0.05, 0) is 45.3 Å². The number of rotatable bonds is 2. The van der Waals surface area contributed by atoms with Crippen LogP contribution in [0.2, 0.25) is 0 Å². The maximum absolute atomic E-state index is 13.5. The zero-order valence-corrected chi connectivity index (χ0v) is 9.36. The van der Waals surface area contributed by atoms with Crippen molar-refractivity contribution in [3.8, 4) is 0 Å². The molecular formula is C12H16F2O. The third-order valence-electron chi connectivity index (χ3n) is 2.81. The molecule has 0 saturated heterocycles. The number of hydrogen-bond acceptors (Lipinski definition) is 1. The van der Waals surface area contributed by atoms with Gasteiger partial charge < -0.3 is 0 Å². The van der Waals surface area contributed by atoms with Crippen LogP contribution in [0.5, 0.6) is 0 Å². The normalized spacial score (nSPS) is 21.8. The van der Waals surface area contributed by atoms with E-state index in [4.69, 9.17) is 0 Å². The van der Waals surface area contributed by atoms with Crippen molar-refractivity contribution < 1.29 is 13.6 Å². The quantitative estimate of drug-likeness (QED) is 0.641. The first-order valence-corrected chi connectivity index (χ1v) is 5.12. The molecule has 0 atom stereocenters. The van der Waals surface area contributed by atoms with Gasteiger partial charge in [0.15, 0.2) is 5.78 Å². The van der Waals surface area contributed by atoms with Crippen molar-refractivity contribution in [3.63, 3.8) is 0 Å².